The van der Waals surface area contributed by atoms with Crippen molar-refractivity contribution in [3.05, 3.63) is 95.3 Å². The summed E-state index contributed by atoms with van der Waals surface area (Å²) in [5.74, 6) is -1.41. The van der Waals surface area contributed by atoms with Crippen molar-refractivity contribution in [3.63, 3.8) is 0 Å². The highest BCUT2D eigenvalue weighted by molar-refractivity contribution is 5.99. The highest BCUT2D eigenvalue weighted by Gasteiger charge is 2.11. The zero-order valence-corrected chi connectivity index (χ0v) is 15.0. The Morgan fingerprint density at radius 3 is 2.54 bits per heavy atom. The summed E-state index contributed by atoms with van der Waals surface area (Å²) in [6, 6.07) is 17.2. The Bertz CT molecular complexity index is 961. The first kappa shape index (κ1) is 19.1. The Balaban J connectivity index is 1.58. The maximum Gasteiger partial charge on any atom is 0.335 e. The van der Waals surface area contributed by atoms with Crippen molar-refractivity contribution in [2.75, 3.05) is 5.32 Å². The topological polar surface area (TPSA) is 101 Å². The normalized spacial score (nSPS) is 10.3. The van der Waals surface area contributed by atoms with Crippen LogP contribution in [-0.2, 0) is 18.0 Å². The lowest BCUT2D eigenvalue weighted by Crippen LogP contribution is -2.24. The molecule has 0 bridgehead atoms. The molecule has 0 atom stereocenters. The van der Waals surface area contributed by atoms with E-state index < -0.39 is 11.9 Å². The molecular formula is C21H19N3O4. The third kappa shape index (κ3) is 5.15. The minimum atomic E-state index is -1.01. The van der Waals surface area contributed by atoms with Gasteiger partial charge in [-0.3, -0.25) is 14.6 Å². The van der Waals surface area contributed by atoms with E-state index in [2.05, 4.69) is 15.8 Å². The van der Waals surface area contributed by atoms with Gasteiger partial charge in [0.15, 0.2) is 0 Å². The number of aromatic nitrogens is 1. The second-order valence-corrected chi connectivity index (χ2v) is 5.98. The molecule has 142 valence electrons. The SMILES string of the molecule is O=C(O)c1cccc(CONC(=O)c2ccccc2NCc2ccncc2)c1. The molecule has 3 rings (SSSR count). The van der Waals surface area contributed by atoms with Crippen LogP contribution in [-0.4, -0.2) is 22.0 Å². The smallest absolute Gasteiger partial charge is 0.335 e. The van der Waals surface area contributed by atoms with Crippen LogP contribution in [0.2, 0.25) is 0 Å². The molecule has 0 aliphatic heterocycles. The van der Waals surface area contributed by atoms with E-state index in [-0.39, 0.29) is 12.2 Å². The monoisotopic (exact) mass is 377 g/mol. The Hall–Kier alpha value is -3.71. The molecular weight excluding hydrogens is 358 g/mol. The van der Waals surface area contributed by atoms with Crippen molar-refractivity contribution in [3.8, 4) is 0 Å². The molecule has 1 aromatic heterocycles. The summed E-state index contributed by atoms with van der Waals surface area (Å²) in [6.07, 6.45) is 3.42. The zero-order valence-electron chi connectivity index (χ0n) is 15.0. The highest BCUT2D eigenvalue weighted by atomic mass is 16.6. The second-order valence-electron chi connectivity index (χ2n) is 5.98. The molecule has 3 N–H and O–H groups in total. The molecule has 0 saturated heterocycles. The number of pyridine rings is 1. The summed E-state index contributed by atoms with van der Waals surface area (Å²) in [7, 11) is 0. The average molecular weight is 377 g/mol. The summed E-state index contributed by atoms with van der Waals surface area (Å²) in [4.78, 5) is 32.7. The van der Waals surface area contributed by atoms with Crippen LogP contribution in [0.15, 0.2) is 73.1 Å². The van der Waals surface area contributed by atoms with Crippen molar-refractivity contribution in [2.24, 2.45) is 0 Å². The molecule has 1 amide bonds. The Kier molecular flexibility index (Phi) is 6.33. The van der Waals surface area contributed by atoms with Gasteiger partial charge in [0, 0.05) is 24.6 Å². The minimum absolute atomic E-state index is 0.0550. The van der Waals surface area contributed by atoms with Crippen LogP contribution in [0, 0.1) is 0 Å². The lowest BCUT2D eigenvalue weighted by molar-refractivity contribution is 0.0233. The third-order valence-electron chi connectivity index (χ3n) is 3.98. The number of hydrogen-bond donors (Lipinski definition) is 3. The fourth-order valence-electron chi connectivity index (χ4n) is 2.57. The van der Waals surface area contributed by atoms with Crippen LogP contribution < -0.4 is 10.8 Å². The number of rotatable bonds is 8. The first-order valence-corrected chi connectivity index (χ1v) is 8.59. The number of amides is 1. The van der Waals surface area contributed by atoms with E-state index >= 15 is 0 Å². The van der Waals surface area contributed by atoms with E-state index in [9.17, 15) is 9.59 Å². The Morgan fingerprint density at radius 1 is 0.964 bits per heavy atom. The Morgan fingerprint density at radius 2 is 1.75 bits per heavy atom. The van der Waals surface area contributed by atoms with Gasteiger partial charge in [0.25, 0.3) is 5.91 Å². The molecule has 28 heavy (non-hydrogen) atoms. The summed E-state index contributed by atoms with van der Waals surface area (Å²) in [5.41, 5.74) is 5.36. The molecule has 0 radical (unpaired) electrons. The summed E-state index contributed by atoms with van der Waals surface area (Å²) in [6.45, 7) is 0.606. The quantitative estimate of drug-likeness (QED) is 0.521. The molecule has 2 aromatic carbocycles. The number of nitrogens with zero attached hydrogens (tertiary/aromatic N) is 1. The molecule has 7 heteroatoms. The first-order chi connectivity index (χ1) is 13.6. The number of carbonyl (C=O) groups excluding carboxylic acids is 1. The van der Waals surface area contributed by atoms with Crippen LogP contribution in [0.4, 0.5) is 5.69 Å². The predicted octanol–water partition coefficient (Wildman–Crippen LogP) is 3.25. The number of hydroxylamine groups is 1. The predicted molar refractivity (Wildman–Crippen MR) is 104 cm³/mol. The lowest BCUT2D eigenvalue weighted by Gasteiger charge is -2.12. The van der Waals surface area contributed by atoms with Gasteiger partial charge in [-0.2, -0.15) is 0 Å². The summed E-state index contributed by atoms with van der Waals surface area (Å²) < 4.78 is 0. The van der Waals surface area contributed by atoms with E-state index in [1.165, 1.54) is 12.1 Å². The number of aromatic carboxylic acids is 1. The second kappa shape index (κ2) is 9.29. The van der Waals surface area contributed by atoms with E-state index in [1.54, 1.807) is 36.7 Å². The van der Waals surface area contributed by atoms with Gasteiger partial charge in [-0.15, -0.1) is 0 Å². The van der Waals surface area contributed by atoms with Gasteiger partial charge in [0.1, 0.15) is 0 Å². The average Bonchev–Trinajstić information content (AvgIpc) is 2.73. The van der Waals surface area contributed by atoms with Crippen molar-refractivity contribution >= 4 is 17.6 Å². The molecule has 3 aromatic rings. The maximum absolute atomic E-state index is 12.5. The number of para-hydroxylation sites is 1. The van der Waals surface area contributed by atoms with Crippen LogP contribution in [0.1, 0.15) is 31.8 Å². The van der Waals surface area contributed by atoms with E-state index in [4.69, 9.17) is 9.94 Å². The minimum Gasteiger partial charge on any atom is -0.478 e. The largest absolute Gasteiger partial charge is 0.478 e. The standard InChI is InChI=1S/C21H19N3O4/c25-20(24-28-14-16-4-3-5-17(12-16)21(26)27)18-6-1-2-7-19(18)23-13-15-8-10-22-11-9-15/h1-12,23H,13-14H2,(H,24,25)(H,26,27). The van der Waals surface area contributed by atoms with Gasteiger partial charge >= 0.3 is 5.97 Å². The van der Waals surface area contributed by atoms with Crippen LogP contribution in [0.25, 0.3) is 0 Å². The number of carboxylic acid groups (broad SMARTS) is 1. The summed E-state index contributed by atoms with van der Waals surface area (Å²) in [5, 5.41) is 12.2. The number of nitrogens with one attached hydrogen (secondary N) is 2. The zero-order chi connectivity index (χ0) is 19.8. The third-order valence-corrected chi connectivity index (χ3v) is 3.98. The van der Waals surface area contributed by atoms with Crippen molar-refractivity contribution in [1.29, 1.82) is 0 Å². The molecule has 0 aliphatic rings. The number of anilines is 1. The van der Waals surface area contributed by atoms with Crippen LogP contribution in [0.5, 0.6) is 0 Å². The number of benzene rings is 2. The van der Waals surface area contributed by atoms with Crippen molar-refractivity contribution in [1.82, 2.24) is 10.5 Å². The van der Waals surface area contributed by atoms with E-state index in [1.807, 2.05) is 24.3 Å². The number of carboxylic acids is 1. The van der Waals surface area contributed by atoms with Gasteiger partial charge in [0.2, 0.25) is 0 Å². The fourth-order valence-corrected chi connectivity index (χ4v) is 2.57. The van der Waals surface area contributed by atoms with Gasteiger partial charge in [0.05, 0.1) is 17.7 Å². The van der Waals surface area contributed by atoms with Gasteiger partial charge in [-0.05, 0) is 47.5 Å². The highest BCUT2D eigenvalue weighted by Crippen LogP contribution is 2.16. The summed E-state index contributed by atoms with van der Waals surface area (Å²) >= 11 is 0. The number of carbonyl (C=O) groups is 2. The fraction of sp³-hybridized carbons (Fsp3) is 0.0952. The maximum atomic E-state index is 12.5. The van der Waals surface area contributed by atoms with Gasteiger partial charge in [-0.1, -0.05) is 24.3 Å². The molecule has 7 nitrogen and oxygen atoms in total. The van der Waals surface area contributed by atoms with E-state index in [0.717, 1.165) is 5.56 Å². The first-order valence-electron chi connectivity index (χ1n) is 8.59. The number of hydrogen-bond acceptors (Lipinski definition) is 5. The van der Waals surface area contributed by atoms with Crippen molar-refractivity contribution < 1.29 is 19.5 Å². The molecule has 0 saturated carbocycles. The molecule has 1 heterocycles. The van der Waals surface area contributed by atoms with Crippen molar-refractivity contribution in [2.45, 2.75) is 13.2 Å². The van der Waals surface area contributed by atoms with Crippen LogP contribution >= 0.6 is 0 Å². The molecule has 0 aliphatic carbocycles. The Labute approximate surface area is 162 Å². The lowest BCUT2D eigenvalue weighted by atomic mass is 10.1. The van der Waals surface area contributed by atoms with E-state index in [0.29, 0.717) is 23.4 Å². The van der Waals surface area contributed by atoms with Gasteiger partial charge in [-0.25, -0.2) is 10.3 Å². The molecule has 0 unspecified atom stereocenters. The molecule has 0 fully saturated rings. The van der Waals surface area contributed by atoms with Crippen LogP contribution in [0.3, 0.4) is 0 Å². The van der Waals surface area contributed by atoms with Gasteiger partial charge < -0.3 is 10.4 Å². The molecule has 0 spiro atoms.